The fourth-order valence-corrected chi connectivity index (χ4v) is 2.70. The number of nitrogens with zero attached hydrogens (tertiary/aromatic N) is 2. The normalized spacial score (nSPS) is 15.6. The van der Waals surface area contributed by atoms with Gasteiger partial charge in [-0.15, -0.1) is 0 Å². The lowest BCUT2D eigenvalue weighted by molar-refractivity contribution is -0.121. The summed E-state index contributed by atoms with van der Waals surface area (Å²) in [6, 6.07) is 3.58. The van der Waals surface area contributed by atoms with Gasteiger partial charge in [0.05, 0.1) is 5.56 Å². The summed E-state index contributed by atoms with van der Waals surface area (Å²) in [5, 5.41) is 3.01. The summed E-state index contributed by atoms with van der Waals surface area (Å²) in [7, 11) is 0. The van der Waals surface area contributed by atoms with Crippen LogP contribution in [0, 0.1) is 5.92 Å². The van der Waals surface area contributed by atoms with Crippen molar-refractivity contribution < 1.29 is 9.59 Å². The highest BCUT2D eigenvalue weighted by molar-refractivity contribution is 5.93. The van der Waals surface area contributed by atoms with Gasteiger partial charge in [0.25, 0.3) is 5.91 Å². The Morgan fingerprint density at radius 3 is 2.77 bits per heavy atom. The molecule has 0 atom stereocenters. The summed E-state index contributed by atoms with van der Waals surface area (Å²) in [4.78, 5) is 29.8. The van der Waals surface area contributed by atoms with E-state index in [1.807, 2.05) is 4.90 Å². The molecule has 1 aromatic rings. The second-order valence-electron chi connectivity index (χ2n) is 5.88. The van der Waals surface area contributed by atoms with Crippen LogP contribution in [0.1, 0.15) is 49.4 Å². The number of pyridine rings is 1. The molecule has 5 heteroatoms. The Morgan fingerprint density at radius 1 is 1.36 bits per heavy atom. The molecule has 120 valence electrons. The molecule has 1 N–H and O–H groups in total. The molecule has 2 rings (SSSR count). The van der Waals surface area contributed by atoms with Crippen molar-refractivity contribution in [1.29, 1.82) is 0 Å². The topological polar surface area (TPSA) is 62.3 Å². The van der Waals surface area contributed by atoms with Crippen LogP contribution in [0.2, 0.25) is 0 Å². The van der Waals surface area contributed by atoms with Gasteiger partial charge in [-0.3, -0.25) is 14.6 Å². The van der Waals surface area contributed by atoms with Crippen LogP contribution in [0.3, 0.4) is 0 Å². The summed E-state index contributed by atoms with van der Waals surface area (Å²) >= 11 is 0. The minimum Gasteiger partial charge on any atom is -0.356 e. The third kappa shape index (κ3) is 4.83. The Kier molecular flexibility index (Phi) is 6.37. The van der Waals surface area contributed by atoms with Gasteiger partial charge in [0.2, 0.25) is 5.91 Å². The van der Waals surface area contributed by atoms with Gasteiger partial charge in [0.1, 0.15) is 0 Å². The first-order chi connectivity index (χ1) is 10.7. The zero-order valence-corrected chi connectivity index (χ0v) is 13.3. The molecule has 1 aliphatic heterocycles. The zero-order chi connectivity index (χ0) is 15.8. The van der Waals surface area contributed by atoms with Crippen LogP contribution in [0.25, 0.3) is 0 Å². The van der Waals surface area contributed by atoms with E-state index in [1.165, 1.54) is 0 Å². The van der Waals surface area contributed by atoms with Crippen molar-refractivity contribution in [3.05, 3.63) is 30.1 Å². The number of hydrogen-bond acceptors (Lipinski definition) is 3. The largest absolute Gasteiger partial charge is 0.356 e. The molecule has 1 fully saturated rings. The summed E-state index contributed by atoms with van der Waals surface area (Å²) in [5.41, 5.74) is 0.647. The van der Waals surface area contributed by atoms with Gasteiger partial charge in [-0.05, 0) is 37.3 Å². The Bertz CT molecular complexity index is 482. The number of hydrogen-bond donors (Lipinski definition) is 1. The molecule has 2 heterocycles. The van der Waals surface area contributed by atoms with Gasteiger partial charge >= 0.3 is 0 Å². The third-order valence-electron chi connectivity index (χ3n) is 4.16. The van der Waals surface area contributed by atoms with Crippen LogP contribution >= 0.6 is 0 Å². The van der Waals surface area contributed by atoms with Crippen molar-refractivity contribution in [3.63, 3.8) is 0 Å². The zero-order valence-electron chi connectivity index (χ0n) is 13.3. The van der Waals surface area contributed by atoms with Crippen molar-refractivity contribution in [3.8, 4) is 0 Å². The van der Waals surface area contributed by atoms with Gasteiger partial charge < -0.3 is 10.2 Å². The molecule has 0 unspecified atom stereocenters. The molecule has 1 aromatic heterocycles. The lowest BCUT2D eigenvalue weighted by Crippen LogP contribution is -2.41. The number of rotatable bonds is 6. The van der Waals surface area contributed by atoms with Crippen LogP contribution in [-0.2, 0) is 4.79 Å². The molecule has 0 saturated carbocycles. The highest BCUT2D eigenvalue weighted by Crippen LogP contribution is 2.18. The van der Waals surface area contributed by atoms with E-state index in [4.69, 9.17) is 0 Å². The monoisotopic (exact) mass is 303 g/mol. The summed E-state index contributed by atoms with van der Waals surface area (Å²) in [6.45, 7) is 4.33. The van der Waals surface area contributed by atoms with Gasteiger partial charge in [0, 0.05) is 38.4 Å². The maximum atomic E-state index is 12.3. The van der Waals surface area contributed by atoms with Gasteiger partial charge in [-0.1, -0.05) is 13.3 Å². The van der Waals surface area contributed by atoms with E-state index in [1.54, 1.807) is 24.5 Å². The van der Waals surface area contributed by atoms with Crippen molar-refractivity contribution in [1.82, 2.24) is 15.2 Å². The lowest BCUT2D eigenvalue weighted by Gasteiger charge is -2.32. The molecule has 5 nitrogen and oxygen atoms in total. The van der Waals surface area contributed by atoms with Crippen LogP contribution < -0.4 is 5.32 Å². The molecule has 0 aromatic carbocycles. The molecule has 0 spiro atoms. The molecular weight excluding hydrogens is 278 g/mol. The fraction of sp³-hybridized carbons (Fsp3) is 0.588. The van der Waals surface area contributed by atoms with Gasteiger partial charge in [-0.2, -0.15) is 0 Å². The van der Waals surface area contributed by atoms with E-state index in [0.29, 0.717) is 17.9 Å². The molecule has 0 aliphatic carbocycles. The van der Waals surface area contributed by atoms with Crippen molar-refractivity contribution in [2.75, 3.05) is 19.6 Å². The first kappa shape index (κ1) is 16.5. The van der Waals surface area contributed by atoms with E-state index in [0.717, 1.165) is 45.3 Å². The number of aromatic nitrogens is 1. The second kappa shape index (κ2) is 8.51. The SMILES string of the molecule is CCCCC(=O)NCC1CCN(C(=O)c2cccnc2)CC1. The Hall–Kier alpha value is -1.91. The smallest absolute Gasteiger partial charge is 0.255 e. The Balaban J connectivity index is 1.72. The van der Waals surface area contributed by atoms with E-state index < -0.39 is 0 Å². The fourth-order valence-electron chi connectivity index (χ4n) is 2.70. The number of carbonyl (C=O) groups is 2. The maximum Gasteiger partial charge on any atom is 0.255 e. The molecule has 0 radical (unpaired) electrons. The molecule has 2 amide bonds. The highest BCUT2D eigenvalue weighted by atomic mass is 16.2. The van der Waals surface area contributed by atoms with E-state index >= 15 is 0 Å². The lowest BCUT2D eigenvalue weighted by atomic mass is 9.96. The number of unbranched alkanes of at least 4 members (excludes halogenated alkanes) is 1. The Morgan fingerprint density at radius 2 is 2.14 bits per heavy atom. The number of carbonyl (C=O) groups excluding carboxylic acids is 2. The predicted octanol–water partition coefficient (Wildman–Crippen LogP) is 2.24. The minimum atomic E-state index is 0.0542. The first-order valence-electron chi connectivity index (χ1n) is 8.16. The van der Waals surface area contributed by atoms with Crippen LogP contribution in [-0.4, -0.2) is 41.3 Å². The number of likely N-dealkylation sites (tertiary alicyclic amines) is 1. The molecule has 1 saturated heterocycles. The third-order valence-corrected chi connectivity index (χ3v) is 4.16. The minimum absolute atomic E-state index is 0.0542. The number of amides is 2. The Labute approximate surface area is 132 Å². The quantitative estimate of drug-likeness (QED) is 0.876. The average Bonchev–Trinajstić information content (AvgIpc) is 2.58. The first-order valence-corrected chi connectivity index (χ1v) is 8.16. The molecule has 0 bridgehead atoms. The second-order valence-corrected chi connectivity index (χ2v) is 5.88. The van der Waals surface area contributed by atoms with E-state index in [-0.39, 0.29) is 11.8 Å². The van der Waals surface area contributed by atoms with Crippen molar-refractivity contribution >= 4 is 11.8 Å². The van der Waals surface area contributed by atoms with Crippen LogP contribution in [0.5, 0.6) is 0 Å². The average molecular weight is 303 g/mol. The van der Waals surface area contributed by atoms with E-state index in [9.17, 15) is 9.59 Å². The van der Waals surface area contributed by atoms with Crippen molar-refractivity contribution in [2.45, 2.75) is 39.0 Å². The van der Waals surface area contributed by atoms with Gasteiger partial charge in [0.15, 0.2) is 0 Å². The number of nitrogens with one attached hydrogen (secondary N) is 1. The van der Waals surface area contributed by atoms with Crippen LogP contribution in [0.4, 0.5) is 0 Å². The summed E-state index contributed by atoms with van der Waals surface area (Å²) in [6.07, 6.45) is 7.79. The molecular formula is C17H25N3O2. The molecule has 1 aliphatic rings. The highest BCUT2D eigenvalue weighted by Gasteiger charge is 2.23. The standard InChI is InChI=1S/C17H25N3O2/c1-2-3-6-16(21)19-12-14-7-10-20(11-8-14)17(22)15-5-4-9-18-13-15/h4-5,9,13-14H,2-3,6-8,10-12H2,1H3,(H,19,21). The number of piperidine rings is 1. The maximum absolute atomic E-state index is 12.3. The van der Waals surface area contributed by atoms with Crippen molar-refractivity contribution in [2.24, 2.45) is 5.92 Å². The van der Waals surface area contributed by atoms with E-state index in [2.05, 4.69) is 17.2 Å². The van der Waals surface area contributed by atoms with Crippen LogP contribution in [0.15, 0.2) is 24.5 Å². The summed E-state index contributed by atoms with van der Waals surface area (Å²) in [5.74, 6) is 0.678. The summed E-state index contributed by atoms with van der Waals surface area (Å²) < 4.78 is 0. The predicted molar refractivity (Wildman–Crippen MR) is 85.4 cm³/mol. The molecule has 22 heavy (non-hydrogen) atoms. The van der Waals surface area contributed by atoms with Gasteiger partial charge in [-0.25, -0.2) is 0 Å².